The number of rotatable bonds is 3. The maximum atomic E-state index is 12.5. The predicted molar refractivity (Wildman–Crippen MR) is 88.5 cm³/mol. The Morgan fingerprint density at radius 3 is 2.63 bits per heavy atom. The summed E-state index contributed by atoms with van der Waals surface area (Å²) < 4.78 is 2.00. The lowest BCUT2D eigenvalue weighted by atomic mass is 10.0. The Morgan fingerprint density at radius 1 is 1.16 bits per heavy atom. The second-order valence-electron chi connectivity index (χ2n) is 4.85. The molecule has 0 saturated heterocycles. The van der Waals surface area contributed by atoms with E-state index < -0.39 is 0 Å². The second kappa shape index (κ2) is 5.37. The topological polar surface area (TPSA) is 17.1 Å². The van der Waals surface area contributed by atoms with Crippen molar-refractivity contribution in [3.8, 4) is 0 Å². The first-order chi connectivity index (χ1) is 9.16. The molecule has 3 heteroatoms. The van der Waals surface area contributed by atoms with Crippen LogP contribution < -0.4 is 0 Å². The molecule has 0 N–H and O–H groups in total. The summed E-state index contributed by atoms with van der Waals surface area (Å²) in [6.07, 6.45) is 0.973. The lowest BCUT2D eigenvalue weighted by Gasteiger charge is -2.04. The van der Waals surface area contributed by atoms with Gasteiger partial charge in [0.25, 0.3) is 0 Å². The number of hydrogen-bond acceptors (Lipinski definition) is 1. The van der Waals surface area contributed by atoms with Gasteiger partial charge in [-0.2, -0.15) is 0 Å². The minimum Gasteiger partial charge on any atom is -0.294 e. The van der Waals surface area contributed by atoms with Gasteiger partial charge in [-0.3, -0.25) is 4.79 Å². The first-order valence-electron chi connectivity index (χ1n) is 6.21. The van der Waals surface area contributed by atoms with Gasteiger partial charge in [0.1, 0.15) is 0 Å². The third-order valence-electron chi connectivity index (χ3n) is 3.55. The van der Waals surface area contributed by atoms with E-state index >= 15 is 0 Å². The normalized spacial score (nSPS) is 21.2. The number of benzene rings is 2. The summed E-state index contributed by atoms with van der Waals surface area (Å²) in [6, 6.07) is 16.2. The van der Waals surface area contributed by atoms with Crippen LogP contribution in [-0.4, -0.2) is 5.78 Å². The van der Waals surface area contributed by atoms with Gasteiger partial charge in [-0.1, -0.05) is 46.3 Å². The summed E-state index contributed by atoms with van der Waals surface area (Å²) in [5.74, 6) is 0.814. The number of halogens is 2. The summed E-state index contributed by atoms with van der Waals surface area (Å²) >= 11 is 5.72. The highest BCUT2D eigenvalue weighted by Crippen LogP contribution is 2.49. The molecule has 1 aliphatic rings. The Kier molecular flexibility index (Phi) is 3.76. The molecule has 2 unspecified atom stereocenters. The van der Waals surface area contributed by atoms with Crippen molar-refractivity contribution in [1.82, 2.24) is 0 Å². The Hall–Kier alpha value is -0.680. The molecule has 0 bridgehead atoms. The van der Waals surface area contributed by atoms with Crippen molar-refractivity contribution in [2.24, 2.45) is 5.92 Å². The van der Waals surface area contributed by atoms with Crippen LogP contribution in [0.15, 0.2) is 53.0 Å². The number of carbonyl (C=O) groups is 1. The molecular weight excluding hydrogens is 415 g/mol. The zero-order valence-electron chi connectivity index (χ0n) is 10.1. The molecule has 0 spiro atoms. The molecule has 2 atom stereocenters. The van der Waals surface area contributed by atoms with Crippen LogP contribution >= 0.6 is 38.5 Å². The van der Waals surface area contributed by atoms with Crippen LogP contribution in [0.25, 0.3) is 0 Å². The zero-order chi connectivity index (χ0) is 13.4. The molecule has 0 aliphatic heterocycles. The number of hydrogen-bond donors (Lipinski definition) is 0. The van der Waals surface area contributed by atoms with Gasteiger partial charge >= 0.3 is 0 Å². The van der Waals surface area contributed by atoms with E-state index in [9.17, 15) is 4.79 Å². The van der Waals surface area contributed by atoms with Crippen LogP contribution in [0.3, 0.4) is 0 Å². The second-order valence-corrected chi connectivity index (χ2v) is 6.95. The fraction of sp³-hybridized carbons (Fsp3) is 0.188. The van der Waals surface area contributed by atoms with Crippen molar-refractivity contribution in [2.75, 3.05) is 0 Å². The van der Waals surface area contributed by atoms with Crippen LogP contribution in [-0.2, 0) is 0 Å². The first-order valence-corrected chi connectivity index (χ1v) is 8.08. The van der Waals surface area contributed by atoms with Gasteiger partial charge in [-0.05, 0) is 58.7 Å². The quantitative estimate of drug-likeness (QED) is 0.496. The van der Waals surface area contributed by atoms with Gasteiger partial charge in [0.05, 0.1) is 0 Å². The van der Waals surface area contributed by atoms with E-state index in [4.69, 9.17) is 0 Å². The Balaban J connectivity index is 1.82. The predicted octanol–water partition coefficient (Wildman–Crippen LogP) is 5.04. The molecule has 1 fully saturated rings. The lowest BCUT2D eigenvalue weighted by Crippen LogP contribution is -2.04. The van der Waals surface area contributed by atoms with Gasteiger partial charge in [0.2, 0.25) is 0 Å². The molecule has 1 aliphatic carbocycles. The molecule has 0 heterocycles. The van der Waals surface area contributed by atoms with Crippen molar-refractivity contribution in [3.05, 3.63) is 67.7 Å². The molecular formula is C16H12BrIO. The number of carbonyl (C=O) groups excluding carboxylic acids is 1. The summed E-state index contributed by atoms with van der Waals surface area (Å²) in [7, 11) is 0. The third-order valence-corrected chi connectivity index (χ3v) is 4.91. The highest BCUT2D eigenvalue weighted by atomic mass is 127. The standard InChI is InChI=1S/C16H12BrIO/c17-15-7-6-11(18)8-14(15)16(19)13-9-12(13)10-4-2-1-3-5-10/h1-8,12-13H,9H2. The molecule has 0 radical (unpaired) electrons. The van der Waals surface area contributed by atoms with E-state index in [2.05, 4.69) is 50.7 Å². The van der Waals surface area contributed by atoms with Gasteiger partial charge in [0, 0.05) is 19.5 Å². The van der Waals surface area contributed by atoms with Gasteiger partial charge in [0.15, 0.2) is 5.78 Å². The van der Waals surface area contributed by atoms with Crippen LogP contribution in [0.1, 0.15) is 28.3 Å². The van der Waals surface area contributed by atoms with E-state index in [0.29, 0.717) is 5.92 Å². The molecule has 1 nitrogen and oxygen atoms in total. The lowest BCUT2D eigenvalue weighted by molar-refractivity contribution is 0.0964. The third kappa shape index (κ3) is 2.77. The average Bonchev–Trinajstić information content (AvgIpc) is 3.22. The molecule has 0 amide bonds. The first kappa shape index (κ1) is 13.3. The summed E-state index contributed by atoms with van der Waals surface area (Å²) in [5.41, 5.74) is 2.10. The van der Waals surface area contributed by atoms with Crippen LogP contribution in [0.5, 0.6) is 0 Å². The minimum absolute atomic E-state index is 0.150. The zero-order valence-corrected chi connectivity index (χ0v) is 13.9. The average molecular weight is 427 g/mol. The van der Waals surface area contributed by atoms with Crippen LogP contribution in [0, 0.1) is 9.49 Å². The highest BCUT2D eigenvalue weighted by molar-refractivity contribution is 14.1. The monoisotopic (exact) mass is 426 g/mol. The van der Waals surface area contributed by atoms with Gasteiger partial charge < -0.3 is 0 Å². The van der Waals surface area contributed by atoms with Crippen molar-refractivity contribution in [2.45, 2.75) is 12.3 Å². The summed E-state index contributed by atoms with van der Waals surface area (Å²) in [6.45, 7) is 0. The number of ketones is 1. The van der Waals surface area contributed by atoms with E-state index in [1.54, 1.807) is 0 Å². The van der Waals surface area contributed by atoms with E-state index in [1.807, 2.05) is 36.4 Å². The van der Waals surface area contributed by atoms with E-state index in [0.717, 1.165) is 20.0 Å². The fourth-order valence-electron chi connectivity index (χ4n) is 2.44. The molecule has 3 rings (SSSR count). The molecule has 0 aromatic heterocycles. The Morgan fingerprint density at radius 2 is 1.89 bits per heavy atom. The van der Waals surface area contributed by atoms with E-state index in [-0.39, 0.29) is 11.7 Å². The van der Waals surface area contributed by atoms with E-state index in [1.165, 1.54) is 5.56 Å². The molecule has 2 aromatic carbocycles. The van der Waals surface area contributed by atoms with Crippen molar-refractivity contribution >= 4 is 44.3 Å². The van der Waals surface area contributed by atoms with Crippen molar-refractivity contribution in [1.29, 1.82) is 0 Å². The Labute approximate surface area is 134 Å². The van der Waals surface area contributed by atoms with Gasteiger partial charge in [-0.15, -0.1) is 0 Å². The van der Waals surface area contributed by atoms with Crippen LogP contribution in [0.2, 0.25) is 0 Å². The van der Waals surface area contributed by atoms with Crippen molar-refractivity contribution < 1.29 is 4.79 Å². The van der Waals surface area contributed by atoms with Crippen LogP contribution in [0.4, 0.5) is 0 Å². The highest BCUT2D eigenvalue weighted by Gasteiger charge is 2.44. The molecule has 96 valence electrons. The maximum Gasteiger partial charge on any atom is 0.167 e. The number of Topliss-reactive ketones (excluding diaryl/α,β-unsaturated/α-hetero) is 1. The Bertz CT molecular complexity index is 624. The maximum absolute atomic E-state index is 12.5. The largest absolute Gasteiger partial charge is 0.294 e. The summed E-state index contributed by atoms with van der Waals surface area (Å²) in [4.78, 5) is 12.5. The molecule has 1 saturated carbocycles. The molecule has 19 heavy (non-hydrogen) atoms. The minimum atomic E-state index is 0.150. The summed E-state index contributed by atoms with van der Waals surface area (Å²) in [5, 5.41) is 0. The van der Waals surface area contributed by atoms with Gasteiger partial charge in [-0.25, -0.2) is 0 Å². The SMILES string of the molecule is O=C(c1cc(I)ccc1Br)C1CC1c1ccccc1. The fourth-order valence-corrected chi connectivity index (χ4v) is 3.37. The smallest absolute Gasteiger partial charge is 0.167 e. The molecule has 2 aromatic rings. The van der Waals surface area contributed by atoms with Crippen molar-refractivity contribution in [3.63, 3.8) is 0 Å².